The molecule has 1 aromatic rings. The molecule has 1 aromatic heterocycles. The molecule has 1 aliphatic rings. The summed E-state index contributed by atoms with van der Waals surface area (Å²) in [5, 5.41) is 9.92. The molecule has 2 heteroatoms. The molecule has 14 heavy (non-hydrogen) atoms. The molecule has 0 aliphatic heterocycles. The molecule has 2 unspecified atom stereocenters. The second-order valence-corrected chi connectivity index (χ2v) is 4.19. The van der Waals surface area contributed by atoms with Crippen LogP contribution in [0.1, 0.15) is 42.7 Å². The van der Waals surface area contributed by atoms with Crippen molar-refractivity contribution >= 4 is 0 Å². The number of nitrogens with zero attached hydrogens (tertiary/aromatic N) is 1. The summed E-state index contributed by atoms with van der Waals surface area (Å²) in [6.45, 7) is 2.10. The number of aryl methyl sites for hydroxylation is 1. The van der Waals surface area contributed by atoms with Crippen LogP contribution in [-0.2, 0) is 0 Å². The summed E-state index contributed by atoms with van der Waals surface area (Å²) < 4.78 is 0. The largest absolute Gasteiger partial charge is 0.392 e. The van der Waals surface area contributed by atoms with Crippen molar-refractivity contribution in [2.24, 2.45) is 0 Å². The van der Waals surface area contributed by atoms with Crippen LogP contribution in [0.5, 0.6) is 0 Å². The number of pyridine rings is 1. The molecule has 1 heterocycles. The second kappa shape index (κ2) is 4.09. The number of rotatable bonds is 1. The summed E-state index contributed by atoms with van der Waals surface area (Å²) in [5.41, 5.74) is 2.49. The predicted octanol–water partition coefficient (Wildman–Crippen LogP) is 2.41. The van der Waals surface area contributed by atoms with Crippen molar-refractivity contribution in [3.05, 3.63) is 29.6 Å². The Labute approximate surface area is 85.0 Å². The van der Waals surface area contributed by atoms with Crippen molar-refractivity contribution in [3.8, 4) is 0 Å². The molecule has 0 bridgehead atoms. The quantitative estimate of drug-likeness (QED) is 0.739. The summed E-state index contributed by atoms with van der Waals surface area (Å²) in [7, 11) is 0. The molecule has 2 rings (SSSR count). The van der Waals surface area contributed by atoms with Crippen LogP contribution in [0.25, 0.3) is 0 Å². The first kappa shape index (κ1) is 9.66. The standard InChI is InChI=1S/C12H17NO/c1-9-6-7-13-8-11(9)10-4-2-3-5-12(10)14/h6-8,10,12,14H,2-5H2,1H3. The van der Waals surface area contributed by atoms with Crippen LogP contribution in [0.15, 0.2) is 18.5 Å². The van der Waals surface area contributed by atoms with Gasteiger partial charge in [-0.15, -0.1) is 0 Å². The summed E-state index contributed by atoms with van der Waals surface area (Å²) in [6.07, 6.45) is 8.01. The zero-order valence-corrected chi connectivity index (χ0v) is 8.61. The van der Waals surface area contributed by atoms with Crippen molar-refractivity contribution in [2.45, 2.75) is 44.6 Å². The SMILES string of the molecule is Cc1ccncc1C1CCCCC1O. The Bertz CT molecular complexity index is 311. The minimum Gasteiger partial charge on any atom is -0.392 e. The topological polar surface area (TPSA) is 33.1 Å². The molecule has 2 nitrogen and oxygen atoms in total. The van der Waals surface area contributed by atoms with Crippen LogP contribution in [0.2, 0.25) is 0 Å². The predicted molar refractivity (Wildman–Crippen MR) is 56.2 cm³/mol. The van der Waals surface area contributed by atoms with Gasteiger partial charge in [-0.3, -0.25) is 4.98 Å². The summed E-state index contributed by atoms with van der Waals surface area (Å²) in [4.78, 5) is 4.14. The average molecular weight is 191 g/mol. The molecule has 76 valence electrons. The third-order valence-corrected chi connectivity index (χ3v) is 3.21. The van der Waals surface area contributed by atoms with Gasteiger partial charge in [-0.1, -0.05) is 12.8 Å². The monoisotopic (exact) mass is 191 g/mol. The molecule has 1 N–H and O–H groups in total. The van der Waals surface area contributed by atoms with Gasteiger partial charge in [0.1, 0.15) is 0 Å². The summed E-state index contributed by atoms with van der Waals surface area (Å²) >= 11 is 0. The van der Waals surface area contributed by atoms with E-state index in [0.717, 1.165) is 19.3 Å². The van der Waals surface area contributed by atoms with Crippen molar-refractivity contribution in [1.82, 2.24) is 4.98 Å². The highest BCUT2D eigenvalue weighted by molar-refractivity contribution is 5.26. The highest BCUT2D eigenvalue weighted by atomic mass is 16.3. The van der Waals surface area contributed by atoms with Gasteiger partial charge in [0, 0.05) is 18.3 Å². The lowest BCUT2D eigenvalue weighted by Gasteiger charge is -2.28. The molecule has 0 spiro atoms. The van der Waals surface area contributed by atoms with E-state index in [0.29, 0.717) is 5.92 Å². The summed E-state index contributed by atoms with van der Waals surface area (Å²) in [6, 6.07) is 2.02. The highest BCUT2D eigenvalue weighted by Gasteiger charge is 2.25. The highest BCUT2D eigenvalue weighted by Crippen LogP contribution is 2.33. The Morgan fingerprint density at radius 3 is 2.86 bits per heavy atom. The first-order valence-corrected chi connectivity index (χ1v) is 5.37. The number of aliphatic hydroxyl groups excluding tert-OH is 1. The number of aliphatic hydroxyl groups is 1. The van der Waals surface area contributed by atoms with E-state index < -0.39 is 0 Å². The van der Waals surface area contributed by atoms with Crippen molar-refractivity contribution < 1.29 is 5.11 Å². The third-order valence-electron chi connectivity index (χ3n) is 3.21. The Morgan fingerprint density at radius 1 is 1.36 bits per heavy atom. The number of hydrogen-bond acceptors (Lipinski definition) is 2. The van der Waals surface area contributed by atoms with Gasteiger partial charge >= 0.3 is 0 Å². The fourth-order valence-corrected chi connectivity index (χ4v) is 2.34. The van der Waals surface area contributed by atoms with E-state index in [2.05, 4.69) is 11.9 Å². The Morgan fingerprint density at radius 2 is 2.14 bits per heavy atom. The second-order valence-electron chi connectivity index (χ2n) is 4.19. The minimum absolute atomic E-state index is 0.161. The van der Waals surface area contributed by atoms with Crippen LogP contribution >= 0.6 is 0 Å². The van der Waals surface area contributed by atoms with E-state index in [-0.39, 0.29) is 6.10 Å². The fraction of sp³-hybridized carbons (Fsp3) is 0.583. The van der Waals surface area contributed by atoms with E-state index in [1.54, 1.807) is 0 Å². The third kappa shape index (κ3) is 1.80. The van der Waals surface area contributed by atoms with E-state index in [4.69, 9.17) is 0 Å². The van der Waals surface area contributed by atoms with Crippen LogP contribution in [-0.4, -0.2) is 16.2 Å². The Hall–Kier alpha value is -0.890. The maximum Gasteiger partial charge on any atom is 0.0609 e. The molecule has 2 atom stereocenters. The molecule has 0 saturated heterocycles. The van der Waals surface area contributed by atoms with Gasteiger partial charge in [-0.05, 0) is 37.0 Å². The minimum atomic E-state index is -0.161. The van der Waals surface area contributed by atoms with Gasteiger partial charge in [-0.2, -0.15) is 0 Å². The maximum atomic E-state index is 9.92. The smallest absolute Gasteiger partial charge is 0.0609 e. The molecule has 0 amide bonds. The van der Waals surface area contributed by atoms with E-state index in [9.17, 15) is 5.11 Å². The average Bonchev–Trinajstić information content (AvgIpc) is 2.20. The van der Waals surface area contributed by atoms with Gasteiger partial charge in [0.15, 0.2) is 0 Å². The molecule has 1 fully saturated rings. The van der Waals surface area contributed by atoms with Crippen LogP contribution in [0, 0.1) is 6.92 Å². The van der Waals surface area contributed by atoms with Crippen molar-refractivity contribution in [1.29, 1.82) is 0 Å². The van der Waals surface area contributed by atoms with Crippen LogP contribution < -0.4 is 0 Å². The molecular weight excluding hydrogens is 174 g/mol. The van der Waals surface area contributed by atoms with E-state index in [1.165, 1.54) is 17.5 Å². The van der Waals surface area contributed by atoms with Crippen molar-refractivity contribution in [3.63, 3.8) is 0 Å². The van der Waals surface area contributed by atoms with Crippen molar-refractivity contribution in [2.75, 3.05) is 0 Å². The molecule has 0 aromatic carbocycles. The summed E-state index contributed by atoms with van der Waals surface area (Å²) in [5.74, 6) is 0.317. The first-order chi connectivity index (χ1) is 6.79. The molecule has 1 aliphatic carbocycles. The van der Waals surface area contributed by atoms with Gasteiger partial charge < -0.3 is 5.11 Å². The zero-order chi connectivity index (χ0) is 9.97. The number of hydrogen-bond donors (Lipinski definition) is 1. The van der Waals surface area contributed by atoms with Gasteiger partial charge in [0.2, 0.25) is 0 Å². The lowest BCUT2D eigenvalue weighted by molar-refractivity contribution is 0.106. The zero-order valence-electron chi connectivity index (χ0n) is 8.61. The van der Waals surface area contributed by atoms with Gasteiger partial charge in [0.05, 0.1) is 6.10 Å². The molecule has 0 radical (unpaired) electrons. The lowest BCUT2D eigenvalue weighted by atomic mass is 9.81. The normalized spacial score (nSPS) is 27.6. The number of aromatic nitrogens is 1. The maximum absolute atomic E-state index is 9.92. The molecule has 1 saturated carbocycles. The Balaban J connectivity index is 2.25. The van der Waals surface area contributed by atoms with Crippen LogP contribution in [0.3, 0.4) is 0 Å². The first-order valence-electron chi connectivity index (χ1n) is 5.37. The Kier molecular flexibility index (Phi) is 2.82. The van der Waals surface area contributed by atoms with E-state index >= 15 is 0 Å². The fourth-order valence-electron chi connectivity index (χ4n) is 2.34. The van der Waals surface area contributed by atoms with Gasteiger partial charge in [-0.25, -0.2) is 0 Å². The molecular formula is C12H17NO. The van der Waals surface area contributed by atoms with Crippen LogP contribution in [0.4, 0.5) is 0 Å². The van der Waals surface area contributed by atoms with E-state index in [1.807, 2.05) is 18.5 Å². The van der Waals surface area contributed by atoms with Gasteiger partial charge in [0.25, 0.3) is 0 Å². The lowest BCUT2D eigenvalue weighted by Crippen LogP contribution is -2.23.